The largest absolute Gasteiger partial charge is 0.314 e. The first-order valence-corrected chi connectivity index (χ1v) is 6.49. The van der Waals surface area contributed by atoms with Crippen molar-refractivity contribution < 1.29 is 0 Å². The number of nitrogens with one attached hydrogen (secondary N) is 1. The van der Waals surface area contributed by atoms with Crippen molar-refractivity contribution in [3.63, 3.8) is 0 Å². The summed E-state index contributed by atoms with van der Waals surface area (Å²) >= 11 is 6.20. The first kappa shape index (κ1) is 11.1. The summed E-state index contributed by atoms with van der Waals surface area (Å²) in [6.07, 6.45) is 3.53. The highest BCUT2D eigenvalue weighted by molar-refractivity contribution is 6.29. The molecule has 0 amide bonds. The molecule has 4 heteroatoms. The minimum Gasteiger partial charge on any atom is -0.314 e. The van der Waals surface area contributed by atoms with E-state index in [0.29, 0.717) is 6.04 Å². The predicted octanol–water partition coefficient (Wildman–Crippen LogP) is 2.59. The minimum atomic E-state index is 0.581. The molecule has 1 N–H and O–H groups in total. The van der Waals surface area contributed by atoms with E-state index in [1.165, 1.54) is 18.5 Å². The van der Waals surface area contributed by atoms with Gasteiger partial charge < -0.3 is 5.32 Å². The van der Waals surface area contributed by atoms with Gasteiger partial charge in [0.05, 0.1) is 5.69 Å². The summed E-state index contributed by atoms with van der Waals surface area (Å²) in [6.45, 7) is 3.23. The second-order valence-electron chi connectivity index (χ2n) is 4.68. The van der Waals surface area contributed by atoms with Gasteiger partial charge >= 0.3 is 0 Å². The van der Waals surface area contributed by atoms with E-state index in [0.717, 1.165) is 29.5 Å². The number of pyridine rings is 1. The van der Waals surface area contributed by atoms with Crippen LogP contribution in [0, 0.1) is 6.92 Å². The first-order valence-electron chi connectivity index (χ1n) is 6.11. The lowest BCUT2D eigenvalue weighted by Crippen LogP contribution is -2.24. The van der Waals surface area contributed by atoms with Crippen LogP contribution in [0.25, 0.3) is 5.65 Å². The Kier molecular flexibility index (Phi) is 2.81. The van der Waals surface area contributed by atoms with Crippen molar-refractivity contribution in [1.29, 1.82) is 0 Å². The Hall–Kier alpha value is -1.06. The van der Waals surface area contributed by atoms with E-state index >= 15 is 0 Å². The van der Waals surface area contributed by atoms with Crippen LogP contribution in [-0.4, -0.2) is 22.0 Å². The van der Waals surface area contributed by atoms with Gasteiger partial charge in [-0.2, -0.15) is 0 Å². The number of fused-ring (bicyclic) bond motifs is 1. The van der Waals surface area contributed by atoms with Gasteiger partial charge in [0.25, 0.3) is 0 Å². The Balaban J connectivity index is 1.99. The lowest BCUT2D eigenvalue weighted by atomic mass is 10.1. The standard InChI is InChI=1S/C13H16ClN3/c1-9-11(8-10-4-3-7-15-10)16-13-6-2-5-12(14)17(9)13/h2,5-6,10,15H,3-4,7-8H2,1H3. The molecule has 3 heterocycles. The number of hydrogen-bond donors (Lipinski definition) is 1. The summed E-state index contributed by atoms with van der Waals surface area (Å²) in [7, 11) is 0. The van der Waals surface area contributed by atoms with Crippen molar-refractivity contribution in [3.05, 3.63) is 34.7 Å². The van der Waals surface area contributed by atoms with E-state index in [4.69, 9.17) is 11.6 Å². The van der Waals surface area contributed by atoms with Crippen LogP contribution in [0.5, 0.6) is 0 Å². The summed E-state index contributed by atoms with van der Waals surface area (Å²) in [6, 6.07) is 6.44. The first-order chi connectivity index (χ1) is 8.25. The van der Waals surface area contributed by atoms with Crippen molar-refractivity contribution in [1.82, 2.24) is 14.7 Å². The molecule has 0 aliphatic carbocycles. The van der Waals surface area contributed by atoms with Crippen LogP contribution in [0.15, 0.2) is 18.2 Å². The van der Waals surface area contributed by atoms with Crippen LogP contribution in [0.1, 0.15) is 24.2 Å². The third-order valence-corrected chi connectivity index (χ3v) is 3.82. The third kappa shape index (κ3) is 1.94. The van der Waals surface area contributed by atoms with Gasteiger partial charge in [-0.15, -0.1) is 0 Å². The van der Waals surface area contributed by atoms with E-state index in [9.17, 15) is 0 Å². The number of aromatic nitrogens is 2. The Morgan fingerprint density at radius 2 is 2.41 bits per heavy atom. The molecule has 1 unspecified atom stereocenters. The number of hydrogen-bond acceptors (Lipinski definition) is 2. The molecule has 1 aliphatic heterocycles. The van der Waals surface area contributed by atoms with Gasteiger partial charge in [-0.25, -0.2) is 4.98 Å². The maximum Gasteiger partial charge on any atom is 0.138 e. The lowest BCUT2D eigenvalue weighted by molar-refractivity contribution is 0.595. The summed E-state index contributed by atoms with van der Waals surface area (Å²) in [5, 5.41) is 4.24. The van der Waals surface area contributed by atoms with Crippen LogP contribution in [0.2, 0.25) is 5.15 Å². The Bertz CT molecular complexity index is 541. The highest BCUT2D eigenvalue weighted by Crippen LogP contribution is 2.20. The van der Waals surface area contributed by atoms with Crippen molar-refractivity contribution in [2.45, 2.75) is 32.2 Å². The van der Waals surface area contributed by atoms with Gasteiger partial charge in [-0.1, -0.05) is 17.7 Å². The fourth-order valence-corrected chi connectivity index (χ4v) is 2.88. The Labute approximate surface area is 106 Å². The summed E-state index contributed by atoms with van der Waals surface area (Å²) < 4.78 is 2.02. The fourth-order valence-electron chi connectivity index (χ4n) is 2.60. The quantitative estimate of drug-likeness (QED) is 0.829. The lowest BCUT2D eigenvalue weighted by Gasteiger charge is -2.08. The molecule has 3 rings (SSSR count). The average Bonchev–Trinajstić information content (AvgIpc) is 2.90. The molecule has 0 spiro atoms. The number of nitrogens with zero attached hydrogens (tertiary/aromatic N) is 2. The minimum absolute atomic E-state index is 0.581. The number of imidazole rings is 1. The van der Waals surface area contributed by atoms with E-state index in [2.05, 4.69) is 17.2 Å². The van der Waals surface area contributed by atoms with Gasteiger partial charge in [0.2, 0.25) is 0 Å². The molecule has 2 aromatic heterocycles. The van der Waals surface area contributed by atoms with Crippen LogP contribution in [0.4, 0.5) is 0 Å². The average molecular weight is 250 g/mol. The van der Waals surface area contributed by atoms with E-state index in [1.807, 2.05) is 22.6 Å². The van der Waals surface area contributed by atoms with Crippen LogP contribution in [-0.2, 0) is 6.42 Å². The summed E-state index contributed by atoms with van der Waals surface area (Å²) in [4.78, 5) is 4.68. The highest BCUT2D eigenvalue weighted by Gasteiger charge is 2.18. The van der Waals surface area contributed by atoms with Gasteiger partial charge in [0, 0.05) is 18.2 Å². The van der Waals surface area contributed by atoms with Crippen molar-refractivity contribution in [3.8, 4) is 0 Å². The van der Waals surface area contributed by atoms with Gasteiger partial charge in [-0.3, -0.25) is 4.40 Å². The second-order valence-corrected chi connectivity index (χ2v) is 5.07. The maximum atomic E-state index is 6.20. The van der Waals surface area contributed by atoms with E-state index in [1.54, 1.807) is 0 Å². The molecule has 17 heavy (non-hydrogen) atoms. The molecule has 0 saturated carbocycles. The molecule has 1 fully saturated rings. The number of halogens is 1. The second kappa shape index (κ2) is 4.31. The predicted molar refractivity (Wildman–Crippen MR) is 69.7 cm³/mol. The Morgan fingerprint density at radius 3 is 3.12 bits per heavy atom. The van der Waals surface area contributed by atoms with Gasteiger partial charge in [0.15, 0.2) is 0 Å². The molecular weight excluding hydrogens is 234 g/mol. The molecule has 1 saturated heterocycles. The van der Waals surface area contributed by atoms with Crippen molar-refractivity contribution in [2.24, 2.45) is 0 Å². The molecule has 0 bridgehead atoms. The molecular formula is C13H16ClN3. The van der Waals surface area contributed by atoms with Crippen LogP contribution in [0.3, 0.4) is 0 Å². The Morgan fingerprint density at radius 1 is 1.53 bits per heavy atom. The zero-order valence-corrected chi connectivity index (χ0v) is 10.7. The number of rotatable bonds is 2. The van der Waals surface area contributed by atoms with E-state index in [-0.39, 0.29) is 0 Å². The van der Waals surface area contributed by atoms with Gasteiger partial charge in [-0.05, 0) is 38.4 Å². The fraction of sp³-hybridized carbons (Fsp3) is 0.462. The summed E-state index contributed by atoms with van der Waals surface area (Å²) in [5.74, 6) is 0. The maximum absolute atomic E-state index is 6.20. The molecule has 2 aromatic rings. The molecule has 0 aromatic carbocycles. The SMILES string of the molecule is Cc1c(CC2CCCN2)nc2cccc(Cl)n12. The van der Waals surface area contributed by atoms with Gasteiger partial charge in [0.1, 0.15) is 10.8 Å². The molecule has 0 radical (unpaired) electrons. The zero-order chi connectivity index (χ0) is 11.8. The molecule has 90 valence electrons. The third-order valence-electron chi connectivity index (χ3n) is 3.53. The van der Waals surface area contributed by atoms with Crippen molar-refractivity contribution >= 4 is 17.2 Å². The smallest absolute Gasteiger partial charge is 0.138 e. The normalized spacial score (nSPS) is 20.2. The number of aryl methyl sites for hydroxylation is 1. The monoisotopic (exact) mass is 249 g/mol. The highest BCUT2D eigenvalue weighted by atomic mass is 35.5. The summed E-state index contributed by atoms with van der Waals surface area (Å²) in [5.41, 5.74) is 3.28. The van der Waals surface area contributed by atoms with E-state index < -0.39 is 0 Å². The molecule has 3 nitrogen and oxygen atoms in total. The zero-order valence-electron chi connectivity index (χ0n) is 9.91. The molecule has 1 aliphatic rings. The van der Waals surface area contributed by atoms with Crippen LogP contribution >= 0.6 is 11.6 Å². The van der Waals surface area contributed by atoms with Crippen molar-refractivity contribution in [2.75, 3.05) is 6.54 Å². The molecule has 1 atom stereocenters. The topological polar surface area (TPSA) is 29.3 Å². The van der Waals surface area contributed by atoms with Crippen LogP contribution < -0.4 is 5.32 Å².